The monoisotopic (exact) mass is 327 g/mol. The minimum Gasteiger partial charge on any atom is -0.481 e. The molecule has 1 aliphatic heterocycles. The van der Waals surface area contributed by atoms with Gasteiger partial charge in [0.1, 0.15) is 0 Å². The molecule has 1 saturated heterocycles. The summed E-state index contributed by atoms with van der Waals surface area (Å²) in [7, 11) is 1.84. The summed E-state index contributed by atoms with van der Waals surface area (Å²) in [6, 6.07) is 9.59. The number of benzene rings is 1. The smallest absolute Gasteiger partial charge is 0.308 e. The van der Waals surface area contributed by atoms with E-state index in [4.69, 9.17) is 0 Å². The van der Waals surface area contributed by atoms with E-state index in [0.29, 0.717) is 19.4 Å². The van der Waals surface area contributed by atoms with Crippen molar-refractivity contribution in [1.82, 2.24) is 14.7 Å². The van der Waals surface area contributed by atoms with Crippen LogP contribution in [0.1, 0.15) is 23.5 Å². The first kappa shape index (κ1) is 16.2. The second-order valence-electron chi connectivity index (χ2n) is 6.28. The van der Waals surface area contributed by atoms with Gasteiger partial charge in [-0.3, -0.25) is 14.3 Å². The lowest BCUT2D eigenvalue weighted by Crippen LogP contribution is -2.30. The highest BCUT2D eigenvalue weighted by atomic mass is 16.4. The van der Waals surface area contributed by atoms with Crippen molar-refractivity contribution in [3.63, 3.8) is 0 Å². The largest absolute Gasteiger partial charge is 0.481 e. The van der Waals surface area contributed by atoms with Crippen molar-refractivity contribution >= 4 is 11.9 Å². The first-order valence-corrected chi connectivity index (χ1v) is 8.07. The van der Waals surface area contributed by atoms with Gasteiger partial charge in [0.15, 0.2) is 0 Å². The second kappa shape index (κ2) is 6.86. The lowest BCUT2D eigenvalue weighted by Gasteiger charge is -2.16. The fourth-order valence-electron chi connectivity index (χ4n) is 3.31. The van der Waals surface area contributed by atoms with Crippen molar-refractivity contribution in [2.24, 2.45) is 13.0 Å². The summed E-state index contributed by atoms with van der Waals surface area (Å²) in [6.07, 6.45) is 4.64. The average Bonchev–Trinajstić information content (AvgIpc) is 3.20. The van der Waals surface area contributed by atoms with E-state index in [0.717, 1.165) is 11.1 Å². The molecule has 24 heavy (non-hydrogen) atoms. The Hall–Kier alpha value is -2.63. The fourth-order valence-corrected chi connectivity index (χ4v) is 3.31. The molecule has 3 rings (SSSR count). The van der Waals surface area contributed by atoms with Crippen LogP contribution < -0.4 is 0 Å². The Kier molecular flexibility index (Phi) is 4.64. The SMILES string of the molecule is Cn1cc(CCC(=O)N2C[C@H](C(=O)O)[C@@H](c3ccccc3)C2)cn1. The molecular weight excluding hydrogens is 306 g/mol. The minimum atomic E-state index is -0.841. The predicted octanol–water partition coefficient (Wildman–Crippen LogP) is 1.68. The molecule has 2 heterocycles. The molecule has 1 N–H and O–H groups in total. The number of carboxylic acid groups (broad SMARTS) is 1. The van der Waals surface area contributed by atoms with Crippen LogP contribution in [0.3, 0.4) is 0 Å². The third kappa shape index (κ3) is 3.48. The van der Waals surface area contributed by atoms with E-state index in [1.165, 1.54) is 0 Å². The van der Waals surface area contributed by atoms with Crippen LogP contribution in [0.4, 0.5) is 0 Å². The molecule has 0 unspecified atom stereocenters. The number of nitrogens with zero attached hydrogens (tertiary/aromatic N) is 3. The zero-order chi connectivity index (χ0) is 17.1. The van der Waals surface area contributed by atoms with Gasteiger partial charge in [0, 0.05) is 38.7 Å². The van der Waals surface area contributed by atoms with Gasteiger partial charge in [-0.25, -0.2) is 0 Å². The van der Waals surface area contributed by atoms with Crippen LogP contribution in [0.2, 0.25) is 0 Å². The highest BCUT2D eigenvalue weighted by Crippen LogP contribution is 2.33. The Labute approximate surface area is 140 Å². The quantitative estimate of drug-likeness (QED) is 0.906. The maximum Gasteiger partial charge on any atom is 0.308 e. The highest BCUT2D eigenvalue weighted by molar-refractivity contribution is 5.79. The number of amides is 1. The van der Waals surface area contributed by atoms with Crippen LogP contribution >= 0.6 is 0 Å². The summed E-state index contributed by atoms with van der Waals surface area (Å²) in [4.78, 5) is 25.8. The van der Waals surface area contributed by atoms with Crippen molar-refractivity contribution < 1.29 is 14.7 Å². The number of carbonyl (C=O) groups excluding carboxylic acids is 1. The van der Waals surface area contributed by atoms with Gasteiger partial charge in [-0.15, -0.1) is 0 Å². The Bertz CT molecular complexity index is 726. The number of aliphatic carboxylic acids is 1. The topological polar surface area (TPSA) is 75.4 Å². The van der Waals surface area contributed by atoms with E-state index in [9.17, 15) is 14.7 Å². The normalized spacial score (nSPS) is 20.3. The molecule has 1 fully saturated rings. The standard InChI is InChI=1S/C18H21N3O3/c1-20-10-13(9-19-20)7-8-17(22)21-11-15(16(12-21)18(23)24)14-5-3-2-4-6-14/h2-6,9-10,15-16H,7-8,11-12H2,1H3,(H,23,24)/t15-,16+/m1/s1. The van der Waals surface area contributed by atoms with Gasteiger partial charge in [0.05, 0.1) is 12.1 Å². The summed E-state index contributed by atoms with van der Waals surface area (Å²) in [5.41, 5.74) is 1.99. The number of aryl methyl sites for hydroxylation is 2. The number of likely N-dealkylation sites (tertiary alicyclic amines) is 1. The Morgan fingerprint density at radius 1 is 1.25 bits per heavy atom. The summed E-state index contributed by atoms with van der Waals surface area (Å²) in [6.45, 7) is 0.744. The molecule has 0 spiro atoms. The van der Waals surface area contributed by atoms with Crippen LogP contribution in [-0.4, -0.2) is 44.8 Å². The van der Waals surface area contributed by atoms with E-state index in [2.05, 4.69) is 5.10 Å². The van der Waals surface area contributed by atoms with Crippen LogP contribution in [0.25, 0.3) is 0 Å². The minimum absolute atomic E-state index is 0.00327. The molecule has 1 aliphatic rings. The van der Waals surface area contributed by atoms with Crippen LogP contribution in [0.15, 0.2) is 42.7 Å². The van der Waals surface area contributed by atoms with Gasteiger partial charge in [0.25, 0.3) is 0 Å². The zero-order valence-corrected chi connectivity index (χ0v) is 13.6. The van der Waals surface area contributed by atoms with Gasteiger partial charge in [-0.05, 0) is 17.5 Å². The predicted molar refractivity (Wildman–Crippen MR) is 88.4 cm³/mol. The van der Waals surface area contributed by atoms with E-state index in [-0.39, 0.29) is 18.4 Å². The maximum atomic E-state index is 12.5. The molecule has 0 aliphatic carbocycles. The molecule has 1 aromatic heterocycles. The van der Waals surface area contributed by atoms with Crippen molar-refractivity contribution in [1.29, 1.82) is 0 Å². The summed E-state index contributed by atoms with van der Waals surface area (Å²) >= 11 is 0. The molecule has 6 nitrogen and oxygen atoms in total. The number of hydrogen-bond donors (Lipinski definition) is 1. The van der Waals surface area contributed by atoms with Crippen molar-refractivity contribution in [3.05, 3.63) is 53.9 Å². The van der Waals surface area contributed by atoms with Gasteiger partial charge in [-0.1, -0.05) is 30.3 Å². The van der Waals surface area contributed by atoms with E-state index >= 15 is 0 Å². The molecule has 1 amide bonds. The van der Waals surface area contributed by atoms with Crippen LogP contribution in [0.5, 0.6) is 0 Å². The van der Waals surface area contributed by atoms with E-state index in [1.54, 1.807) is 15.8 Å². The van der Waals surface area contributed by atoms with Gasteiger partial charge >= 0.3 is 5.97 Å². The number of carbonyl (C=O) groups is 2. The number of hydrogen-bond acceptors (Lipinski definition) is 3. The summed E-state index contributed by atoms with van der Waals surface area (Å²) in [5, 5.41) is 13.6. The van der Waals surface area contributed by atoms with Gasteiger partial charge in [-0.2, -0.15) is 5.10 Å². The van der Waals surface area contributed by atoms with Gasteiger partial charge in [0.2, 0.25) is 5.91 Å². The molecule has 126 valence electrons. The van der Waals surface area contributed by atoms with Gasteiger partial charge < -0.3 is 10.0 Å². The molecule has 0 saturated carbocycles. The summed E-state index contributed by atoms with van der Waals surface area (Å²) in [5.74, 6) is -1.53. The third-order valence-electron chi connectivity index (χ3n) is 4.60. The summed E-state index contributed by atoms with van der Waals surface area (Å²) < 4.78 is 1.71. The van der Waals surface area contributed by atoms with E-state index in [1.807, 2.05) is 43.6 Å². The van der Waals surface area contributed by atoms with E-state index < -0.39 is 11.9 Å². The number of rotatable bonds is 5. The highest BCUT2D eigenvalue weighted by Gasteiger charge is 2.40. The lowest BCUT2D eigenvalue weighted by atomic mass is 9.89. The Morgan fingerprint density at radius 3 is 2.62 bits per heavy atom. The maximum absolute atomic E-state index is 12.5. The zero-order valence-electron chi connectivity index (χ0n) is 13.6. The third-order valence-corrected chi connectivity index (χ3v) is 4.60. The Balaban J connectivity index is 1.66. The van der Waals surface area contributed by atoms with Crippen molar-refractivity contribution in [2.45, 2.75) is 18.8 Å². The number of carboxylic acids is 1. The second-order valence-corrected chi connectivity index (χ2v) is 6.28. The first-order valence-electron chi connectivity index (χ1n) is 8.07. The average molecular weight is 327 g/mol. The lowest BCUT2D eigenvalue weighted by molar-refractivity contribution is -0.141. The van der Waals surface area contributed by atoms with Crippen molar-refractivity contribution in [3.8, 4) is 0 Å². The Morgan fingerprint density at radius 2 is 2.00 bits per heavy atom. The number of aromatic nitrogens is 2. The van der Waals surface area contributed by atoms with Crippen LogP contribution in [-0.2, 0) is 23.1 Å². The molecule has 2 aromatic rings. The molecule has 0 radical (unpaired) electrons. The molecule has 1 aromatic carbocycles. The van der Waals surface area contributed by atoms with Crippen molar-refractivity contribution in [2.75, 3.05) is 13.1 Å². The first-order chi connectivity index (χ1) is 11.5. The molecule has 2 atom stereocenters. The molecule has 6 heteroatoms. The molecular formula is C18H21N3O3. The van der Waals surface area contributed by atoms with Crippen LogP contribution in [0, 0.1) is 5.92 Å². The fraction of sp³-hybridized carbons (Fsp3) is 0.389. The molecule has 0 bridgehead atoms.